The highest BCUT2D eigenvalue weighted by molar-refractivity contribution is 7.98. The van der Waals surface area contributed by atoms with Gasteiger partial charge in [-0.25, -0.2) is 4.98 Å². The standard InChI is InChI=1S/C28H28N4O6S/c1-28(2)12-18-23(19(33)13-28)22(16-7-10-20(37-3)21(11-16)38-4)24-25(29-18)30-27(31-26(24)34)39-14-15-5-8-17(9-6-15)32(35)36/h5-11,22H,12-14H2,1-4H3,(H2,29,30,31,34). The van der Waals surface area contributed by atoms with Crippen molar-refractivity contribution in [2.75, 3.05) is 19.5 Å². The highest BCUT2D eigenvalue weighted by atomic mass is 32.2. The highest BCUT2D eigenvalue weighted by Crippen LogP contribution is 2.48. The first kappa shape index (κ1) is 26.5. The monoisotopic (exact) mass is 548 g/mol. The first-order valence-corrected chi connectivity index (χ1v) is 13.3. The number of ether oxygens (including phenoxy) is 2. The number of nitrogens with one attached hydrogen (secondary N) is 2. The van der Waals surface area contributed by atoms with E-state index in [1.165, 1.54) is 23.9 Å². The van der Waals surface area contributed by atoms with Gasteiger partial charge in [0.25, 0.3) is 11.2 Å². The zero-order chi connectivity index (χ0) is 27.9. The summed E-state index contributed by atoms with van der Waals surface area (Å²) < 4.78 is 10.9. The number of hydrogen-bond acceptors (Lipinski definition) is 9. The van der Waals surface area contributed by atoms with E-state index in [2.05, 4.69) is 10.3 Å². The Bertz CT molecular complexity index is 1560. The van der Waals surface area contributed by atoms with Crippen LogP contribution in [0.15, 0.2) is 63.7 Å². The Morgan fingerprint density at radius 3 is 2.46 bits per heavy atom. The number of hydrogen-bond donors (Lipinski definition) is 2. The summed E-state index contributed by atoms with van der Waals surface area (Å²) in [6.45, 7) is 4.10. The molecule has 0 saturated heterocycles. The van der Waals surface area contributed by atoms with Crippen LogP contribution < -0.4 is 20.3 Å². The number of anilines is 1. The molecule has 1 aromatic heterocycles. The molecule has 0 radical (unpaired) electrons. The average molecular weight is 549 g/mol. The molecule has 1 aliphatic carbocycles. The Balaban J connectivity index is 1.56. The van der Waals surface area contributed by atoms with Crippen molar-refractivity contribution in [3.05, 3.63) is 90.9 Å². The minimum absolute atomic E-state index is 0.00444. The van der Waals surface area contributed by atoms with Gasteiger partial charge in [-0.2, -0.15) is 0 Å². The number of nitro groups is 1. The number of non-ortho nitro benzene ring substituents is 1. The summed E-state index contributed by atoms with van der Waals surface area (Å²) in [6.07, 6.45) is 1.01. The SMILES string of the molecule is COc1ccc(C2C3=C(CC(C)(C)CC3=O)Nc3nc(SCc4ccc([N+](=O)[O-])cc4)[nH]c(=O)c32)cc1OC. The molecule has 5 rings (SSSR count). The largest absolute Gasteiger partial charge is 0.493 e. The van der Waals surface area contributed by atoms with Crippen molar-refractivity contribution >= 4 is 29.1 Å². The number of nitrogens with zero attached hydrogens (tertiary/aromatic N) is 2. The van der Waals surface area contributed by atoms with Gasteiger partial charge < -0.3 is 19.8 Å². The number of rotatable bonds is 7. The molecule has 0 saturated carbocycles. The molecular formula is C28H28N4O6S. The van der Waals surface area contributed by atoms with E-state index in [1.807, 2.05) is 19.9 Å². The summed E-state index contributed by atoms with van der Waals surface area (Å²) in [5, 5.41) is 14.7. The Hall–Kier alpha value is -4.12. The summed E-state index contributed by atoms with van der Waals surface area (Å²) in [6, 6.07) is 11.7. The van der Waals surface area contributed by atoms with Crippen molar-refractivity contribution in [2.45, 2.75) is 43.5 Å². The van der Waals surface area contributed by atoms with Crippen LogP contribution in [0.5, 0.6) is 11.5 Å². The number of ketones is 1. The maximum Gasteiger partial charge on any atom is 0.269 e. The Labute approximate surface area is 229 Å². The second kappa shape index (κ2) is 10.2. The van der Waals surface area contributed by atoms with Gasteiger partial charge in [0.15, 0.2) is 22.4 Å². The molecule has 11 heteroatoms. The number of aromatic amines is 1. The molecule has 1 unspecified atom stereocenters. The first-order chi connectivity index (χ1) is 18.6. The summed E-state index contributed by atoms with van der Waals surface area (Å²) in [5.74, 6) is 1.29. The van der Waals surface area contributed by atoms with E-state index in [0.717, 1.165) is 16.8 Å². The lowest BCUT2D eigenvalue weighted by atomic mass is 9.69. The van der Waals surface area contributed by atoms with Crippen molar-refractivity contribution in [2.24, 2.45) is 5.41 Å². The lowest BCUT2D eigenvalue weighted by Gasteiger charge is -2.38. The summed E-state index contributed by atoms with van der Waals surface area (Å²) in [4.78, 5) is 45.2. The van der Waals surface area contributed by atoms with Crippen molar-refractivity contribution in [1.82, 2.24) is 9.97 Å². The van der Waals surface area contributed by atoms with E-state index in [4.69, 9.17) is 14.5 Å². The van der Waals surface area contributed by atoms with Gasteiger partial charge in [0.1, 0.15) is 5.82 Å². The van der Waals surface area contributed by atoms with Crippen LogP contribution in [0.2, 0.25) is 0 Å². The van der Waals surface area contributed by atoms with Crippen LogP contribution >= 0.6 is 11.8 Å². The summed E-state index contributed by atoms with van der Waals surface area (Å²) in [5.41, 5.74) is 2.74. The minimum Gasteiger partial charge on any atom is -0.493 e. The summed E-state index contributed by atoms with van der Waals surface area (Å²) >= 11 is 1.32. The number of thioether (sulfide) groups is 1. The Morgan fingerprint density at radius 2 is 1.79 bits per heavy atom. The van der Waals surface area contributed by atoms with E-state index in [1.54, 1.807) is 38.5 Å². The number of carbonyl (C=O) groups is 1. The molecule has 10 nitrogen and oxygen atoms in total. The Morgan fingerprint density at radius 1 is 1.08 bits per heavy atom. The molecule has 0 bridgehead atoms. The molecule has 1 aliphatic heterocycles. The quantitative estimate of drug-likeness (QED) is 0.177. The third kappa shape index (κ3) is 5.14. The number of allylic oxidation sites excluding steroid dienone is 2. The fraction of sp³-hybridized carbons (Fsp3) is 0.321. The molecule has 202 valence electrons. The molecule has 39 heavy (non-hydrogen) atoms. The number of Topliss-reactive ketones (excluding diaryl/α,β-unsaturated/α-hetero) is 1. The second-order valence-corrected chi connectivity index (χ2v) is 11.3. The molecule has 2 heterocycles. The van der Waals surface area contributed by atoms with Gasteiger partial charge >= 0.3 is 0 Å². The fourth-order valence-electron chi connectivity index (χ4n) is 5.19. The number of carbonyl (C=O) groups excluding carboxylic acids is 1. The molecule has 2 N–H and O–H groups in total. The molecule has 1 atom stereocenters. The van der Waals surface area contributed by atoms with Crippen LogP contribution in [0, 0.1) is 15.5 Å². The highest BCUT2D eigenvalue weighted by Gasteiger charge is 2.42. The third-order valence-corrected chi connectivity index (χ3v) is 7.91. The topological polar surface area (TPSA) is 136 Å². The molecule has 2 aliphatic rings. The molecule has 0 amide bonds. The minimum atomic E-state index is -0.621. The van der Waals surface area contributed by atoms with Gasteiger partial charge in [0.2, 0.25) is 0 Å². The molecular weight excluding hydrogens is 520 g/mol. The van der Waals surface area contributed by atoms with E-state index in [9.17, 15) is 19.7 Å². The van der Waals surface area contributed by atoms with Gasteiger partial charge in [-0.3, -0.25) is 19.7 Å². The third-order valence-electron chi connectivity index (χ3n) is 6.96. The molecule has 3 aromatic rings. The number of H-pyrrole nitrogens is 1. The van der Waals surface area contributed by atoms with Crippen molar-refractivity contribution in [3.63, 3.8) is 0 Å². The van der Waals surface area contributed by atoms with Crippen molar-refractivity contribution in [3.8, 4) is 11.5 Å². The zero-order valence-electron chi connectivity index (χ0n) is 22.0. The predicted molar refractivity (Wildman–Crippen MR) is 148 cm³/mol. The summed E-state index contributed by atoms with van der Waals surface area (Å²) in [7, 11) is 3.09. The smallest absolute Gasteiger partial charge is 0.269 e. The number of aromatic nitrogens is 2. The second-order valence-electron chi connectivity index (χ2n) is 10.4. The number of fused-ring (bicyclic) bond motifs is 1. The number of nitro benzene ring substituents is 1. The van der Waals surface area contributed by atoms with Gasteiger partial charge in [-0.05, 0) is 35.1 Å². The van der Waals surface area contributed by atoms with Gasteiger partial charge in [0, 0.05) is 41.5 Å². The van der Waals surface area contributed by atoms with E-state index >= 15 is 0 Å². The molecule has 0 fully saturated rings. The Kier molecular flexibility index (Phi) is 6.94. The molecule has 2 aromatic carbocycles. The lowest BCUT2D eigenvalue weighted by molar-refractivity contribution is -0.384. The average Bonchev–Trinajstić information content (AvgIpc) is 2.89. The van der Waals surface area contributed by atoms with Crippen LogP contribution in [0.4, 0.5) is 11.5 Å². The fourth-order valence-corrected chi connectivity index (χ4v) is 6.01. The number of methoxy groups -OCH3 is 2. The number of benzene rings is 2. The van der Waals surface area contributed by atoms with Crippen LogP contribution in [-0.2, 0) is 10.5 Å². The maximum absolute atomic E-state index is 13.6. The predicted octanol–water partition coefficient (Wildman–Crippen LogP) is 5.19. The maximum atomic E-state index is 13.6. The van der Waals surface area contributed by atoms with E-state index < -0.39 is 10.8 Å². The van der Waals surface area contributed by atoms with Gasteiger partial charge in [-0.1, -0.05) is 43.8 Å². The van der Waals surface area contributed by atoms with Gasteiger partial charge in [-0.15, -0.1) is 0 Å². The van der Waals surface area contributed by atoms with Crippen LogP contribution in [0.3, 0.4) is 0 Å². The van der Waals surface area contributed by atoms with Crippen molar-refractivity contribution < 1.29 is 19.2 Å². The van der Waals surface area contributed by atoms with E-state index in [0.29, 0.717) is 52.2 Å². The van der Waals surface area contributed by atoms with Crippen LogP contribution in [-0.4, -0.2) is 34.9 Å². The van der Waals surface area contributed by atoms with Crippen LogP contribution in [0.25, 0.3) is 0 Å². The lowest BCUT2D eigenvalue weighted by Crippen LogP contribution is -2.37. The van der Waals surface area contributed by atoms with Crippen molar-refractivity contribution in [1.29, 1.82) is 0 Å². The normalized spacial score (nSPS) is 17.6. The van der Waals surface area contributed by atoms with Gasteiger partial charge in [0.05, 0.1) is 24.7 Å². The van der Waals surface area contributed by atoms with E-state index in [-0.39, 0.29) is 22.4 Å². The zero-order valence-corrected chi connectivity index (χ0v) is 22.8. The van der Waals surface area contributed by atoms with Crippen LogP contribution in [0.1, 0.15) is 49.3 Å². The molecule has 0 spiro atoms. The first-order valence-electron chi connectivity index (χ1n) is 12.4.